The molecule has 8 heteroatoms. The van der Waals surface area contributed by atoms with E-state index in [4.69, 9.17) is 21.4 Å². The van der Waals surface area contributed by atoms with Crippen molar-refractivity contribution in [3.05, 3.63) is 28.8 Å². The summed E-state index contributed by atoms with van der Waals surface area (Å²) in [6, 6.07) is 4.52. The fourth-order valence-corrected chi connectivity index (χ4v) is 3.75. The third-order valence-corrected chi connectivity index (χ3v) is 5.13. The molecule has 1 aromatic carbocycles. The number of ether oxygens (including phenoxy) is 1. The van der Waals surface area contributed by atoms with Gasteiger partial charge in [0.05, 0.1) is 11.0 Å². The van der Waals surface area contributed by atoms with E-state index in [2.05, 4.69) is 4.72 Å². The lowest BCUT2D eigenvalue weighted by Gasteiger charge is -2.14. The lowest BCUT2D eigenvalue weighted by Crippen LogP contribution is -2.33. The van der Waals surface area contributed by atoms with Crippen molar-refractivity contribution in [3.8, 4) is 0 Å². The van der Waals surface area contributed by atoms with Crippen molar-refractivity contribution >= 4 is 27.6 Å². The molecule has 1 fully saturated rings. The van der Waals surface area contributed by atoms with Gasteiger partial charge < -0.3 is 9.84 Å². The molecule has 0 aromatic heterocycles. The molecule has 2 unspecified atom stereocenters. The maximum absolute atomic E-state index is 12.2. The van der Waals surface area contributed by atoms with Crippen LogP contribution < -0.4 is 4.72 Å². The van der Waals surface area contributed by atoms with Crippen molar-refractivity contribution in [2.24, 2.45) is 0 Å². The van der Waals surface area contributed by atoms with Gasteiger partial charge in [-0.3, -0.25) is 0 Å². The topological polar surface area (TPSA) is 92.7 Å². The molecule has 6 nitrogen and oxygen atoms in total. The van der Waals surface area contributed by atoms with Gasteiger partial charge in [0.2, 0.25) is 10.0 Å². The van der Waals surface area contributed by atoms with Crippen molar-refractivity contribution < 1.29 is 23.1 Å². The van der Waals surface area contributed by atoms with Crippen LogP contribution in [0.2, 0.25) is 5.02 Å². The first-order valence-corrected chi connectivity index (χ1v) is 8.30. The van der Waals surface area contributed by atoms with Gasteiger partial charge in [-0.05, 0) is 43.5 Å². The van der Waals surface area contributed by atoms with Crippen LogP contribution in [0.15, 0.2) is 23.1 Å². The quantitative estimate of drug-likeness (QED) is 0.853. The maximum atomic E-state index is 12.2. The second-order valence-electron chi connectivity index (χ2n) is 4.92. The SMILES string of the molecule is Cc1cc(Cl)ccc1S(=O)(=O)NCC1CCC(C(=O)O)O1. The molecule has 2 N–H and O–H groups in total. The Kier molecular flexibility index (Phi) is 4.88. The van der Waals surface area contributed by atoms with Crippen LogP contribution in [0.3, 0.4) is 0 Å². The molecule has 0 aliphatic carbocycles. The number of hydrogen-bond donors (Lipinski definition) is 2. The van der Waals surface area contributed by atoms with Crippen LogP contribution >= 0.6 is 11.6 Å². The number of sulfonamides is 1. The highest BCUT2D eigenvalue weighted by atomic mass is 35.5. The number of hydrogen-bond acceptors (Lipinski definition) is 4. The average Bonchev–Trinajstić information content (AvgIpc) is 2.85. The molecule has 2 rings (SSSR count). The van der Waals surface area contributed by atoms with E-state index in [1.54, 1.807) is 13.0 Å². The predicted octanol–water partition coefficient (Wildman–Crippen LogP) is 1.56. The monoisotopic (exact) mass is 333 g/mol. The second-order valence-corrected chi connectivity index (χ2v) is 7.10. The van der Waals surface area contributed by atoms with Crippen LogP contribution in [-0.4, -0.2) is 38.2 Å². The van der Waals surface area contributed by atoms with Crippen molar-refractivity contribution in [2.45, 2.75) is 36.9 Å². The Morgan fingerprint density at radius 2 is 2.19 bits per heavy atom. The zero-order valence-electron chi connectivity index (χ0n) is 11.4. The van der Waals surface area contributed by atoms with E-state index in [0.717, 1.165) is 0 Å². The Labute approximate surface area is 128 Å². The van der Waals surface area contributed by atoms with Crippen LogP contribution in [0.1, 0.15) is 18.4 Å². The fraction of sp³-hybridized carbons (Fsp3) is 0.462. The van der Waals surface area contributed by atoms with Crippen LogP contribution in [0.5, 0.6) is 0 Å². The van der Waals surface area contributed by atoms with Crippen LogP contribution in [0.4, 0.5) is 0 Å². The molecule has 1 aliphatic rings. The summed E-state index contributed by atoms with van der Waals surface area (Å²) in [6.45, 7) is 1.71. The minimum absolute atomic E-state index is 0.0498. The van der Waals surface area contributed by atoms with Crippen molar-refractivity contribution in [1.82, 2.24) is 4.72 Å². The first kappa shape index (κ1) is 16.2. The summed E-state index contributed by atoms with van der Waals surface area (Å²) in [5.74, 6) is -1.02. The number of carboxylic acid groups (broad SMARTS) is 1. The highest BCUT2D eigenvalue weighted by molar-refractivity contribution is 7.89. The Bertz CT molecular complexity index is 646. The maximum Gasteiger partial charge on any atom is 0.332 e. The van der Waals surface area contributed by atoms with E-state index in [0.29, 0.717) is 23.4 Å². The second kappa shape index (κ2) is 6.31. The third-order valence-electron chi connectivity index (χ3n) is 3.31. The molecule has 116 valence electrons. The van der Waals surface area contributed by atoms with E-state index >= 15 is 0 Å². The Hall–Kier alpha value is -1.15. The Balaban J connectivity index is 2.01. The van der Waals surface area contributed by atoms with Gasteiger partial charge >= 0.3 is 5.97 Å². The lowest BCUT2D eigenvalue weighted by molar-refractivity contribution is -0.149. The first-order chi connectivity index (χ1) is 9.79. The average molecular weight is 334 g/mol. The molecule has 0 saturated carbocycles. The molecule has 0 spiro atoms. The number of benzene rings is 1. The van der Waals surface area contributed by atoms with E-state index in [1.807, 2.05) is 0 Å². The van der Waals surface area contributed by atoms with Gasteiger partial charge in [-0.2, -0.15) is 0 Å². The van der Waals surface area contributed by atoms with E-state index < -0.39 is 28.2 Å². The van der Waals surface area contributed by atoms with Crippen LogP contribution in [-0.2, 0) is 19.6 Å². The lowest BCUT2D eigenvalue weighted by atomic mass is 10.2. The Morgan fingerprint density at radius 3 is 2.76 bits per heavy atom. The summed E-state index contributed by atoms with van der Waals surface area (Å²) in [5, 5.41) is 9.29. The Morgan fingerprint density at radius 1 is 1.48 bits per heavy atom. The molecule has 0 amide bonds. The summed E-state index contributed by atoms with van der Waals surface area (Å²) < 4.78 is 32.1. The summed E-state index contributed by atoms with van der Waals surface area (Å²) >= 11 is 5.80. The van der Waals surface area contributed by atoms with Crippen LogP contribution in [0, 0.1) is 6.92 Å². The number of aryl methyl sites for hydroxylation is 1. The molecule has 1 aliphatic heterocycles. The predicted molar refractivity (Wildman–Crippen MR) is 76.9 cm³/mol. The summed E-state index contributed by atoms with van der Waals surface area (Å²) in [7, 11) is -3.67. The minimum atomic E-state index is -3.67. The fourth-order valence-electron chi connectivity index (χ4n) is 2.23. The zero-order chi connectivity index (χ0) is 15.6. The summed E-state index contributed by atoms with van der Waals surface area (Å²) in [4.78, 5) is 10.9. The number of rotatable bonds is 5. The van der Waals surface area contributed by atoms with Gasteiger partial charge in [-0.15, -0.1) is 0 Å². The van der Waals surface area contributed by atoms with Gasteiger partial charge in [0, 0.05) is 11.6 Å². The van der Waals surface area contributed by atoms with Gasteiger partial charge in [0.25, 0.3) is 0 Å². The molecule has 2 atom stereocenters. The number of aliphatic carboxylic acids is 1. The molecular formula is C13H16ClNO5S. The molecular weight excluding hydrogens is 318 g/mol. The van der Waals surface area contributed by atoms with Crippen LogP contribution in [0.25, 0.3) is 0 Å². The number of halogens is 1. The zero-order valence-corrected chi connectivity index (χ0v) is 12.9. The third kappa shape index (κ3) is 3.94. The molecule has 0 radical (unpaired) electrons. The van der Waals surface area contributed by atoms with Gasteiger partial charge in [0.1, 0.15) is 0 Å². The van der Waals surface area contributed by atoms with Gasteiger partial charge in [-0.1, -0.05) is 11.6 Å². The first-order valence-electron chi connectivity index (χ1n) is 6.43. The largest absolute Gasteiger partial charge is 0.479 e. The molecule has 21 heavy (non-hydrogen) atoms. The summed E-state index contributed by atoms with van der Waals surface area (Å²) in [6.07, 6.45) is -0.369. The highest BCUT2D eigenvalue weighted by Gasteiger charge is 2.31. The van der Waals surface area contributed by atoms with E-state index in [-0.39, 0.29) is 11.4 Å². The van der Waals surface area contributed by atoms with Crippen molar-refractivity contribution in [3.63, 3.8) is 0 Å². The van der Waals surface area contributed by atoms with Gasteiger partial charge in [0.15, 0.2) is 6.10 Å². The standard InChI is InChI=1S/C13H16ClNO5S/c1-8-6-9(14)2-5-12(8)21(18,19)15-7-10-3-4-11(20-10)13(16)17/h2,5-6,10-11,15H,3-4,7H2,1H3,(H,16,17). The van der Waals surface area contributed by atoms with E-state index in [1.165, 1.54) is 12.1 Å². The van der Waals surface area contributed by atoms with E-state index in [9.17, 15) is 13.2 Å². The molecule has 0 bridgehead atoms. The molecule has 1 saturated heterocycles. The van der Waals surface area contributed by atoms with Gasteiger partial charge in [-0.25, -0.2) is 17.9 Å². The number of carboxylic acids is 1. The van der Waals surface area contributed by atoms with Crippen molar-refractivity contribution in [2.75, 3.05) is 6.54 Å². The number of carbonyl (C=O) groups is 1. The number of nitrogens with one attached hydrogen (secondary N) is 1. The molecule has 1 heterocycles. The normalized spacial score (nSPS) is 22.4. The van der Waals surface area contributed by atoms with Crippen molar-refractivity contribution in [1.29, 1.82) is 0 Å². The summed E-state index contributed by atoms with van der Waals surface area (Å²) in [5.41, 5.74) is 0.547. The minimum Gasteiger partial charge on any atom is -0.479 e. The highest BCUT2D eigenvalue weighted by Crippen LogP contribution is 2.22. The molecule has 1 aromatic rings. The smallest absolute Gasteiger partial charge is 0.332 e.